The number of nitrogens with two attached hydrogens (primary N) is 1. The van der Waals surface area contributed by atoms with Crippen molar-refractivity contribution < 1.29 is 9.18 Å². The third-order valence-corrected chi connectivity index (χ3v) is 6.06. The summed E-state index contributed by atoms with van der Waals surface area (Å²) in [6.45, 7) is 1.22. The van der Waals surface area contributed by atoms with Crippen LogP contribution in [0.5, 0.6) is 0 Å². The molecule has 1 aromatic heterocycles. The van der Waals surface area contributed by atoms with Gasteiger partial charge in [-0.3, -0.25) is 4.79 Å². The fourth-order valence-corrected chi connectivity index (χ4v) is 4.50. The highest BCUT2D eigenvalue weighted by atomic mass is 32.1. The lowest BCUT2D eigenvalue weighted by atomic mass is 10.1. The van der Waals surface area contributed by atoms with E-state index in [-0.39, 0.29) is 17.8 Å². The zero-order valence-corrected chi connectivity index (χ0v) is 14.2. The van der Waals surface area contributed by atoms with Crippen LogP contribution in [0.1, 0.15) is 47.1 Å². The molecule has 2 N–H and O–H groups in total. The normalized spacial score (nSPS) is 20.6. The van der Waals surface area contributed by atoms with Gasteiger partial charge in [-0.2, -0.15) is 0 Å². The molecule has 2 fully saturated rings. The Labute approximate surface area is 144 Å². The Hall–Kier alpha value is -1.79. The van der Waals surface area contributed by atoms with Crippen LogP contribution in [0.2, 0.25) is 0 Å². The van der Waals surface area contributed by atoms with Gasteiger partial charge >= 0.3 is 0 Å². The average Bonchev–Trinajstić information content (AvgIpc) is 3.18. The summed E-state index contributed by atoms with van der Waals surface area (Å²) in [7, 11) is 0. The number of rotatable bonds is 4. The van der Waals surface area contributed by atoms with Gasteiger partial charge < -0.3 is 10.6 Å². The van der Waals surface area contributed by atoms with Gasteiger partial charge in [0.1, 0.15) is 11.5 Å². The summed E-state index contributed by atoms with van der Waals surface area (Å²) in [6, 6.07) is 6.41. The molecule has 1 amide bonds. The molecule has 24 heavy (non-hydrogen) atoms. The van der Waals surface area contributed by atoms with Gasteiger partial charge in [-0.25, -0.2) is 9.37 Å². The topological polar surface area (TPSA) is 59.2 Å². The number of carbonyl (C=O) groups excluding carboxylic acids is 1. The predicted molar refractivity (Wildman–Crippen MR) is 92.6 cm³/mol. The molecule has 126 valence electrons. The molecule has 1 aliphatic heterocycles. The van der Waals surface area contributed by atoms with Gasteiger partial charge in [0, 0.05) is 25.0 Å². The summed E-state index contributed by atoms with van der Waals surface area (Å²) in [6.07, 6.45) is 4.21. The second-order valence-electron chi connectivity index (χ2n) is 6.54. The number of amides is 1. The largest absolute Gasteiger partial charge is 0.333 e. The lowest BCUT2D eigenvalue weighted by Gasteiger charge is -2.23. The number of aromatic nitrogens is 1. The molecule has 4 rings (SSSR count). The molecule has 2 aliphatic rings. The lowest BCUT2D eigenvalue weighted by Crippen LogP contribution is -2.40. The molecule has 4 nitrogen and oxygen atoms in total. The van der Waals surface area contributed by atoms with Crippen LogP contribution in [0.3, 0.4) is 0 Å². The lowest BCUT2D eigenvalue weighted by molar-refractivity contribution is 0.0736. The highest BCUT2D eigenvalue weighted by Crippen LogP contribution is 2.45. The van der Waals surface area contributed by atoms with E-state index in [9.17, 15) is 9.18 Å². The minimum Gasteiger partial charge on any atom is -0.333 e. The zero-order chi connectivity index (χ0) is 16.7. The standard InChI is InChI=1S/C18H20FN3OS/c19-13-7-5-11(6-8-13)16-15(21-17(24-16)12-3-4-12)18(23)22-9-1-2-14(22)10-20/h5-8,12,14H,1-4,9-10,20H2. The number of likely N-dealkylation sites (tertiary alicyclic amines) is 1. The minimum absolute atomic E-state index is 0.0366. The summed E-state index contributed by atoms with van der Waals surface area (Å²) in [5, 5.41) is 1.03. The predicted octanol–water partition coefficient (Wildman–Crippen LogP) is 3.39. The molecule has 1 saturated heterocycles. The number of halogens is 1. The van der Waals surface area contributed by atoms with Crippen LogP contribution < -0.4 is 5.73 Å². The van der Waals surface area contributed by atoms with Crippen LogP contribution in [-0.4, -0.2) is 34.9 Å². The van der Waals surface area contributed by atoms with Gasteiger partial charge in [-0.1, -0.05) is 12.1 Å². The summed E-state index contributed by atoms with van der Waals surface area (Å²) < 4.78 is 13.2. The monoisotopic (exact) mass is 345 g/mol. The number of benzene rings is 1. The second-order valence-corrected chi connectivity index (χ2v) is 7.57. The summed E-state index contributed by atoms with van der Waals surface area (Å²) in [5.41, 5.74) is 7.18. The molecule has 0 spiro atoms. The van der Waals surface area contributed by atoms with E-state index in [2.05, 4.69) is 4.98 Å². The van der Waals surface area contributed by atoms with Crippen molar-refractivity contribution in [2.45, 2.75) is 37.6 Å². The Morgan fingerprint density at radius 1 is 1.29 bits per heavy atom. The van der Waals surface area contributed by atoms with E-state index in [1.165, 1.54) is 12.1 Å². The molecule has 1 unspecified atom stereocenters. The number of thiazole rings is 1. The van der Waals surface area contributed by atoms with E-state index >= 15 is 0 Å². The number of nitrogens with zero attached hydrogens (tertiary/aromatic N) is 2. The molecule has 1 atom stereocenters. The van der Waals surface area contributed by atoms with Crippen molar-refractivity contribution in [1.29, 1.82) is 0 Å². The van der Waals surface area contributed by atoms with Crippen LogP contribution in [0.4, 0.5) is 4.39 Å². The molecular weight excluding hydrogens is 325 g/mol. The SMILES string of the molecule is NCC1CCCN1C(=O)c1nc(C2CC2)sc1-c1ccc(F)cc1. The number of hydrogen-bond donors (Lipinski definition) is 1. The maximum absolute atomic E-state index is 13.2. The maximum Gasteiger partial charge on any atom is 0.274 e. The van der Waals surface area contributed by atoms with Gasteiger partial charge in [0.2, 0.25) is 0 Å². The molecular formula is C18H20FN3OS. The first-order valence-corrected chi connectivity index (χ1v) is 9.26. The van der Waals surface area contributed by atoms with Crippen molar-refractivity contribution in [2.24, 2.45) is 5.73 Å². The molecule has 2 heterocycles. The molecule has 0 bridgehead atoms. The van der Waals surface area contributed by atoms with E-state index in [1.54, 1.807) is 23.5 Å². The Bertz CT molecular complexity index is 754. The second kappa shape index (κ2) is 6.26. The third-order valence-electron chi connectivity index (χ3n) is 4.79. The van der Waals surface area contributed by atoms with E-state index in [4.69, 9.17) is 5.73 Å². The van der Waals surface area contributed by atoms with Crippen LogP contribution in [0, 0.1) is 5.82 Å². The molecule has 0 radical (unpaired) electrons. The first-order valence-electron chi connectivity index (χ1n) is 8.45. The van der Waals surface area contributed by atoms with E-state index in [0.717, 1.165) is 47.7 Å². The molecule has 2 aromatic rings. The average molecular weight is 345 g/mol. The quantitative estimate of drug-likeness (QED) is 0.924. The van der Waals surface area contributed by atoms with Gasteiger partial charge in [0.15, 0.2) is 0 Å². The molecule has 1 saturated carbocycles. The summed E-state index contributed by atoms with van der Waals surface area (Å²) in [5.74, 6) is 0.173. The van der Waals surface area contributed by atoms with Crippen LogP contribution in [0.15, 0.2) is 24.3 Å². The summed E-state index contributed by atoms with van der Waals surface area (Å²) in [4.78, 5) is 20.5. The van der Waals surface area contributed by atoms with Crippen molar-refractivity contribution >= 4 is 17.2 Å². The highest BCUT2D eigenvalue weighted by molar-refractivity contribution is 7.15. The van der Waals surface area contributed by atoms with Crippen molar-refractivity contribution in [1.82, 2.24) is 9.88 Å². The van der Waals surface area contributed by atoms with Crippen molar-refractivity contribution in [3.05, 3.63) is 40.8 Å². The van der Waals surface area contributed by atoms with E-state index in [0.29, 0.717) is 18.2 Å². The van der Waals surface area contributed by atoms with Gasteiger partial charge in [-0.05, 0) is 43.4 Å². The minimum atomic E-state index is -0.277. The number of hydrogen-bond acceptors (Lipinski definition) is 4. The molecule has 1 aromatic carbocycles. The Morgan fingerprint density at radius 3 is 2.71 bits per heavy atom. The van der Waals surface area contributed by atoms with E-state index < -0.39 is 0 Å². The van der Waals surface area contributed by atoms with Gasteiger partial charge in [0.25, 0.3) is 5.91 Å². The van der Waals surface area contributed by atoms with Crippen LogP contribution in [0.25, 0.3) is 10.4 Å². The first-order chi connectivity index (χ1) is 11.7. The zero-order valence-electron chi connectivity index (χ0n) is 13.4. The highest BCUT2D eigenvalue weighted by Gasteiger charge is 2.34. The number of carbonyl (C=O) groups is 1. The van der Waals surface area contributed by atoms with Crippen molar-refractivity contribution in [3.8, 4) is 10.4 Å². The van der Waals surface area contributed by atoms with E-state index in [1.807, 2.05) is 4.90 Å². The van der Waals surface area contributed by atoms with Crippen molar-refractivity contribution in [2.75, 3.05) is 13.1 Å². The maximum atomic E-state index is 13.2. The summed E-state index contributed by atoms with van der Waals surface area (Å²) >= 11 is 1.57. The smallest absolute Gasteiger partial charge is 0.274 e. The van der Waals surface area contributed by atoms with Crippen LogP contribution in [-0.2, 0) is 0 Å². The first kappa shape index (κ1) is 15.7. The van der Waals surface area contributed by atoms with Crippen molar-refractivity contribution in [3.63, 3.8) is 0 Å². The Morgan fingerprint density at radius 2 is 2.04 bits per heavy atom. The van der Waals surface area contributed by atoms with Gasteiger partial charge in [-0.15, -0.1) is 11.3 Å². The fraction of sp³-hybridized carbons (Fsp3) is 0.444. The molecule has 1 aliphatic carbocycles. The third kappa shape index (κ3) is 2.84. The Kier molecular flexibility index (Phi) is 4.10. The van der Waals surface area contributed by atoms with Crippen LogP contribution >= 0.6 is 11.3 Å². The molecule has 6 heteroatoms. The van der Waals surface area contributed by atoms with Gasteiger partial charge in [0.05, 0.1) is 9.88 Å². The Balaban J connectivity index is 1.73. The fourth-order valence-electron chi connectivity index (χ4n) is 3.27.